The highest BCUT2D eigenvalue weighted by Crippen LogP contribution is 2.47. The van der Waals surface area contributed by atoms with Gasteiger partial charge in [0, 0.05) is 25.7 Å². The molecule has 0 N–H and O–H groups in total. The second kappa shape index (κ2) is 9.83. The summed E-state index contributed by atoms with van der Waals surface area (Å²) in [5.74, 6) is 1.29. The summed E-state index contributed by atoms with van der Waals surface area (Å²) in [5.41, 5.74) is 1.90. The Bertz CT molecular complexity index is 1080. The maximum Gasteiger partial charge on any atom is 0.254 e. The van der Waals surface area contributed by atoms with Crippen molar-refractivity contribution in [3.8, 4) is 23.0 Å². The van der Waals surface area contributed by atoms with Crippen LogP contribution in [0.2, 0.25) is 0 Å². The van der Waals surface area contributed by atoms with Crippen molar-refractivity contribution < 1.29 is 28.5 Å². The van der Waals surface area contributed by atoms with Gasteiger partial charge in [0.25, 0.3) is 5.91 Å². The van der Waals surface area contributed by atoms with Crippen molar-refractivity contribution in [3.63, 3.8) is 0 Å². The van der Waals surface area contributed by atoms with E-state index in [-0.39, 0.29) is 11.8 Å². The van der Waals surface area contributed by atoms with Crippen LogP contribution < -0.4 is 18.9 Å². The molecule has 0 radical (unpaired) electrons. The number of rotatable bonds is 6. The van der Waals surface area contributed by atoms with E-state index in [4.69, 9.17) is 18.9 Å². The normalized spacial score (nSPS) is 20.0. The predicted molar refractivity (Wildman–Crippen MR) is 127 cm³/mol. The topological polar surface area (TPSA) is 77.5 Å². The Morgan fingerprint density at radius 1 is 0.824 bits per heavy atom. The molecule has 4 rings (SSSR count). The first-order chi connectivity index (χ1) is 16.4. The molecular weight excluding hydrogens is 436 g/mol. The molecule has 1 fully saturated rings. The molecule has 1 saturated heterocycles. The number of likely N-dealkylation sites (tertiary alicyclic amines) is 1. The van der Waals surface area contributed by atoms with E-state index in [1.165, 1.54) is 7.11 Å². The van der Waals surface area contributed by atoms with Crippen molar-refractivity contribution in [3.05, 3.63) is 47.0 Å². The van der Waals surface area contributed by atoms with Gasteiger partial charge >= 0.3 is 0 Å². The molecule has 34 heavy (non-hydrogen) atoms. The summed E-state index contributed by atoms with van der Waals surface area (Å²) >= 11 is 0. The summed E-state index contributed by atoms with van der Waals surface area (Å²) in [6.45, 7) is 1.43. The lowest BCUT2D eigenvalue weighted by atomic mass is 9.78. The second-order valence-corrected chi connectivity index (χ2v) is 8.63. The van der Waals surface area contributed by atoms with Crippen LogP contribution in [0.4, 0.5) is 0 Å². The molecule has 0 aliphatic carbocycles. The van der Waals surface area contributed by atoms with Crippen LogP contribution in [0, 0.1) is 0 Å². The van der Waals surface area contributed by atoms with Gasteiger partial charge in [0.15, 0.2) is 23.0 Å². The number of fused-ring (bicyclic) bond motifs is 1. The number of hydrogen-bond donors (Lipinski definition) is 0. The number of likely N-dealkylation sites (N-methyl/N-ethyl adjacent to an activating group) is 1. The van der Waals surface area contributed by atoms with Crippen LogP contribution in [-0.4, -0.2) is 70.2 Å². The quantitative estimate of drug-likeness (QED) is 0.644. The number of benzene rings is 2. The summed E-state index contributed by atoms with van der Waals surface area (Å²) in [7, 11) is 7.96. The van der Waals surface area contributed by atoms with Gasteiger partial charge in [0.2, 0.25) is 5.91 Å². The van der Waals surface area contributed by atoms with Gasteiger partial charge in [0.1, 0.15) is 0 Å². The third kappa shape index (κ3) is 4.02. The average Bonchev–Trinajstić information content (AvgIpc) is 2.89. The van der Waals surface area contributed by atoms with Gasteiger partial charge in [-0.2, -0.15) is 0 Å². The molecule has 2 aliphatic heterocycles. The number of amides is 2. The van der Waals surface area contributed by atoms with Crippen LogP contribution in [0.25, 0.3) is 0 Å². The summed E-state index contributed by atoms with van der Waals surface area (Å²) in [5, 5.41) is 0. The van der Waals surface area contributed by atoms with Crippen LogP contribution >= 0.6 is 0 Å². The fourth-order valence-corrected chi connectivity index (χ4v) is 5.08. The number of carbonyl (C=O) groups is 2. The molecule has 0 spiro atoms. The molecule has 2 atom stereocenters. The Kier molecular flexibility index (Phi) is 6.86. The van der Waals surface area contributed by atoms with E-state index < -0.39 is 12.0 Å². The maximum atomic E-state index is 14.0. The predicted octanol–water partition coefficient (Wildman–Crippen LogP) is 3.64. The maximum absolute atomic E-state index is 14.0. The third-order valence-corrected chi connectivity index (χ3v) is 6.86. The first kappa shape index (κ1) is 23.7. The molecule has 2 heterocycles. The van der Waals surface area contributed by atoms with Gasteiger partial charge in [-0.1, -0.05) is 6.07 Å². The van der Waals surface area contributed by atoms with Crippen molar-refractivity contribution in [1.82, 2.24) is 9.80 Å². The van der Waals surface area contributed by atoms with Gasteiger partial charge < -0.3 is 28.7 Å². The first-order valence-electron chi connectivity index (χ1n) is 11.5. The van der Waals surface area contributed by atoms with Crippen LogP contribution in [0.15, 0.2) is 30.3 Å². The van der Waals surface area contributed by atoms with Gasteiger partial charge in [0.05, 0.1) is 40.4 Å². The standard InChI is InChI=1S/C26H32N2O6/c1-27-24(16-9-10-19(31-2)20(13-16)32-3)23(26(30)28-11-7-6-8-12-28)17-14-21(33-4)22(34-5)15-18(17)25(27)29/h9-10,13-15,23-24H,6-8,11-12H2,1-5H3/t23-,24-/m0/s1. The molecule has 2 amide bonds. The third-order valence-electron chi connectivity index (χ3n) is 6.86. The van der Waals surface area contributed by atoms with Crippen molar-refractivity contribution >= 4 is 11.8 Å². The van der Waals surface area contributed by atoms with Crippen LogP contribution in [0.3, 0.4) is 0 Å². The van der Waals surface area contributed by atoms with Gasteiger partial charge in [-0.25, -0.2) is 0 Å². The number of nitrogens with zero attached hydrogens (tertiary/aromatic N) is 2. The van der Waals surface area contributed by atoms with Crippen LogP contribution in [0.5, 0.6) is 23.0 Å². The van der Waals surface area contributed by atoms with E-state index in [0.29, 0.717) is 47.2 Å². The zero-order valence-corrected chi connectivity index (χ0v) is 20.4. The Labute approximate surface area is 200 Å². The molecule has 0 aromatic heterocycles. The highest BCUT2D eigenvalue weighted by atomic mass is 16.5. The minimum Gasteiger partial charge on any atom is -0.493 e. The lowest BCUT2D eigenvalue weighted by Crippen LogP contribution is -2.48. The number of piperidine rings is 1. The molecule has 0 bridgehead atoms. The average molecular weight is 469 g/mol. The molecular formula is C26H32N2O6. The molecule has 8 heteroatoms. The van der Waals surface area contributed by atoms with Crippen molar-refractivity contribution in [2.75, 3.05) is 48.6 Å². The largest absolute Gasteiger partial charge is 0.493 e. The lowest BCUT2D eigenvalue weighted by Gasteiger charge is -2.42. The number of ether oxygens (including phenoxy) is 4. The molecule has 2 aromatic carbocycles. The van der Waals surface area contributed by atoms with E-state index in [0.717, 1.165) is 24.8 Å². The number of carbonyl (C=O) groups excluding carboxylic acids is 2. The Hall–Kier alpha value is -3.42. The van der Waals surface area contributed by atoms with Crippen molar-refractivity contribution in [1.29, 1.82) is 0 Å². The van der Waals surface area contributed by atoms with E-state index in [9.17, 15) is 9.59 Å². The molecule has 0 unspecified atom stereocenters. The Morgan fingerprint density at radius 3 is 2.03 bits per heavy atom. The first-order valence-corrected chi connectivity index (χ1v) is 11.5. The summed E-state index contributed by atoms with van der Waals surface area (Å²) < 4.78 is 21.9. The molecule has 8 nitrogen and oxygen atoms in total. The summed E-state index contributed by atoms with van der Waals surface area (Å²) in [6.07, 6.45) is 3.08. The monoisotopic (exact) mass is 468 g/mol. The van der Waals surface area contributed by atoms with Gasteiger partial charge in [-0.3, -0.25) is 9.59 Å². The highest BCUT2D eigenvalue weighted by Gasteiger charge is 2.45. The smallest absolute Gasteiger partial charge is 0.254 e. The van der Waals surface area contributed by atoms with Crippen LogP contribution in [0.1, 0.15) is 52.7 Å². The molecule has 2 aliphatic rings. The molecule has 2 aromatic rings. The van der Waals surface area contributed by atoms with E-state index in [1.54, 1.807) is 51.5 Å². The fourth-order valence-electron chi connectivity index (χ4n) is 5.08. The molecule has 0 saturated carbocycles. The zero-order chi connectivity index (χ0) is 24.4. The van der Waals surface area contributed by atoms with E-state index >= 15 is 0 Å². The van der Waals surface area contributed by atoms with Crippen molar-refractivity contribution in [2.24, 2.45) is 0 Å². The fraction of sp³-hybridized carbons (Fsp3) is 0.462. The minimum absolute atomic E-state index is 0.00676. The van der Waals surface area contributed by atoms with E-state index in [1.807, 2.05) is 17.0 Å². The Morgan fingerprint density at radius 2 is 1.41 bits per heavy atom. The van der Waals surface area contributed by atoms with Gasteiger partial charge in [-0.15, -0.1) is 0 Å². The zero-order valence-electron chi connectivity index (χ0n) is 20.4. The van der Waals surface area contributed by atoms with Gasteiger partial charge in [-0.05, 0) is 54.7 Å². The lowest BCUT2D eigenvalue weighted by molar-refractivity contribution is -0.135. The summed E-state index contributed by atoms with van der Waals surface area (Å²) in [4.78, 5) is 31.1. The SMILES string of the molecule is COc1ccc([C@H]2[C@@H](C(=O)N3CCCCC3)c3cc(OC)c(OC)cc3C(=O)N2C)cc1OC. The minimum atomic E-state index is -0.603. The van der Waals surface area contributed by atoms with Crippen LogP contribution in [-0.2, 0) is 4.79 Å². The van der Waals surface area contributed by atoms with Crippen molar-refractivity contribution in [2.45, 2.75) is 31.2 Å². The molecule has 182 valence electrons. The number of hydrogen-bond acceptors (Lipinski definition) is 6. The number of methoxy groups -OCH3 is 4. The summed E-state index contributed by atoms with van der Waals surface area (Å²) in [6, 6.07) is 8.47. The Balaban J connectivity index is 1.91. The highest BCUT2D eigenvalue weighted by molar-refractivity contribution is 6.02. The van der Waals surface area contributed by atoms with E-state index in [2.05, 4.69) is 0 Å². The second-order valence-electron chi connectivity index (χ2n) is 8.63.